The van der Waals surface area contributed by atoms with Crippen LogP contribution in [0.15, 0.2) is 0 Å². The van der Waals surface area contributed by atoms with Gasteiger partial charge in [-0.1, -0.05) is 0 Å². The molecule has 0 unspecified atom stereocenters. The Morgan fingerprint density at radius 2 is 1.75 bits per heavy atom. The average Bonchev–Trinajstić information content (AvgIpc) is 1.59. The fourth-order valence-corrected chi connectivity index (χ4v) is 0.463. The van der Waals surface area contributed by atoms with Gasteiger partial charge >= 0.3 is 5.97 Å². The van der Waals surface area contributed by atoms with Crippen molar-refractivity contribution < 1.29 is 31.1 Å². The van der Waals surface area contributed by atoms with Crippen LogP contribution in [-0.4, -0.2) is 44.7 Å². The Hall–Kier alpha value is 0.239. The molecule has 0 aliphatic carbocycles. The number of hydrogen-bond donors (Lipinski definition) is 0. The molecular formula is C7H17ClCuNO2+. The minimum Gasteiger partial charge on any atom is -0.460 e. The second-order valence-electron chi connectivity index (χ2n) is 3.35. The number of likely N-dealkylation sites (N-methyl/N-ethyl adjacent to an activating group) is 1. The van der Waals surface area contributed by atoms with Crippen molar-refractivity contribution in [1.29, 1.82) is 0 Å². The summed E-state index contributed by atoms with van der Waals surface area (Å²) in [4.78, 5) is 10.3. The van der Waals surface area contributed by atoms with Gasteiger partial charge in [0.1, 0.15) is 13.2 Å². The van der Waals surface area contributed by atoms with Gasteiger partial charge in [0.2, 0.25) is 0 Å². The van der Waals surface area contributed by atoms with Crippen molar-refractivity contribution in [2.75, 3.05) is 34.3 Å². The molecule has 1 radical (unpaired) electrons. The minimum atomic E-state index is -0.201. The number of halogens is 1. The molecule has 0 rings (SSSR count). The van der Waals surface area contributed by atoms with E-state index in [-0.39, 0.29) is 35.4 Å². The van der Waals surface area contributed by atoms with Crippen LogP contribution in [0.2, 0.25) is 0 Å². The van der Waals surface area contributed by atoms with E-state index in [2.05, 4.69) is 21.1 Å². The smallest absolute Gasteiger partial charge is 0.302 e. The fourth-order valence-electron chi connectivity index (χ4n) is 0.463. The molecule has 79 valence electrons. The molecule has 0 aromatic carbocycles. The van der Waals surface area contributed by atoms with E-state index in [9.17, 15) is 4.79 Å². The SMILES string of the molecule is CC(=O)OCC[N+](C)(C)C.Cl.[Cu]. The standard InChI is InChI=1S/C7H16NO2.ClH.Cu/c1-7(9)10-6-5-8(2,3)4;;/h5-6H2,1-4H3;1H;/q+1;;. The summed E-state index contributed by atoms with van der Waals surface area (Å²) in [6.07, 6.45) is 0. The van der Waals surface area contributed by atoms with E-state index in [4.69, 9.17) is 4.74 Å². The van der Waals surface area contributed by atoms with Gasteiger partial charge < -0.3 is 9.22 Å². The van der Waals surface area contributed by atoms with Crippen LogP contribution in [0.1, 0.15) is 6.92 Å². The van der Waals surface area contributed by atoms with Crippen molar-refractivity contribution in [3.8, 4) is 0 Å². The van der Waals surface area contributed by atoms with Crippen molar-refractivity contribution in [2.24, 2.45) is 0 Å². The molecule has 0 saturated carbocycles. The number of esters is 1. The second-order valence-corrected chi connectivity index (χ2v) is 3.35. The molecule has 0 heterocycles. The van der Waals surface area contributed by atoms with Gasteiger partial charge in [0, 0.05) is 24.0 Å². The van der Waals surface area contributed by atoms with Crippen molar-refractivity contribution in [2.45, 2.75) is 6.92 Å². The first-order valence-corrected chi connectivity index (χ1v) is 3.35. The van der Waals surface area contributed by atoms with Crippen molar-refractivity contribution >= 4 is 18.4 Å². The van der Waals surface area contributed by atoms with E-state index in [0.717, 1.165) is 11.0 Å². The molecular weight excluding hydrogens is 229 g/mol. The Balaban J connectivity index is -0.000000405. The van der Waals surface area contributed by atoms with Gasteiger partial charge in [-0.05, 0) is 0 Å². The summed E-state index contributed by atoms with van der Waals surface area (Å²) in [7, 11) is 6.18. The summed E-state index contributed by atoms with van der Waals surface area (Å²) in [6, 6.07) is 0. The molecule has 3 nitrogen and oxygen atoms in total. The van der Waals surface area contributed by atoms with E-state index in [1.165, 1.54) is 6.92 Å². The van der Waals surface area contributed by atoms with E-state index >= 15 is 0 Å². The van der Waals surface area contributed by atoms with Crippen LogP contribution in [0.25, 0.3) is 0 Å². The molecule has 0 aromatic rings. The summed E-state index contributed by atoms with van der Waals surface area (Å²) in [5, 5.41) is 0. The Kier molecular flexibility index (Phi) is 11.9. The van der Waals surface area contributed by atoms with Crippen molar-refractivity contribution in [1.82, 2.24) is 0 Å². The quantitative estimate of drug-likeness (QED) is 0.416. The monoisotopic (exact) mass is 245 g/mol. The zero-order valence-electron chi connectivity index (χ0n) is 7.89. The molecule has 0 spiro atoms. The van der Waals surface area contributed by atoms with Gasteiger partial charge in [-0.25, -0.2) is 0 Å². The zero-order valence-corrected chi connectivity index (χ0v) is 9.65. The maximum absolute atomic E-state index is 10.3. The molecule has 0 fully saturated rings. The summed E-state index contributed by atoms with van der Waals surface area (Å²) >= 11 is 0. The predicted octanol–water partition coefficient (Wildman–Crippen LogP) is 0.675. The zero-order chi connectivity index (χ0) is 8.20. The maximum atomic E-state index is 10.3. The molecule has 0 bridgehead atoms. The van der Waals surface area contributed by atoms with Crippen LogP contribution in [0.3, 0.4) is 0 Å². The number of carbonyl (C=O) groups excluding carboxylic acids is 1. The first-order valence-electron chi connectivity index (χ1n) is 3.35. The molecule has 0 N–H and O–H groups in total. The van der Waals surface area contributed by atoms with E-state index in [0.29, 0.717) is 6.61 Å². The number of ether oxygens (including phenoxy) is 1. The van der Waals surface area contributed by atoms with Gasteiger partial charge in [-0.15, -0.1) is 12.4 Å². The number of nitrogens with zero attached hydrogens (tertiary/aromatic N) is 1. The largest absolute Gasteiger partial charge is 0.460 e. The summed E-state index contributed by atoms with van der Waals surface area (Å²) < 4.78 is 5.59. The van der Waals surface area contributed by atoms with Gasteiger partial charge in [0.25, 0.3) is 0 Å². The Bertz CT molecular complexity index is 125. The van der Waals surface area contributed by atoms with E-state index < -0.39 is 0 Å². The molecule has 5 heteroatoms. The first kappa shape index (κ1) is 18.1. The minimum absolute atomic E-state index is 0. The predicted molar refractivity (Wildman–Crippen MR) is 46.8 cm³/mol. The number of carbonyl (C=O) groups is 1. The van der Waals surface area contributed by atoms with Crippen LogP contribution in [0, 0.1) is 0 Å². The third-order valence-corrected chi connectivity index (χ3v) is 1.07. The molecule has 0 saturated heterocycles. The Labute approximate surface area is 90.9 Å². The van der Waals surface area contributed by atoms with Gasteiger partial charge in [-0.3, -0.25) is 4.79 Å². The Morgan fingerprint density at radius 1 is 1.33 bits per heavy atom. The molecule has 0 aromatic heterocycles. The number of rotatable bonds is 3. The maximum Gasteiger partial charge on any atom is 0.302 e. The van der Waals surface area contributed by atoms with Crippen LogP contribution >= 0.6 is 12.4 Å². The third kappa shape index (κ3) is 16.7. The molecule has 12 heavy (non-hydrogen) atoms. The Morgan fingerprint density at radius 3 is 2.00 bits per heavy atom. The topological polar surface area (TPSA) is 26.3 Å². The van der Waals surface area contributed by atoms with E-state index in [1.54, 1.807) is 0 Å². The van der Waals surface area contributed by atoms with Gasteiger partial charge in [-0.2, -0.15) is 0 Å². The van der Waals surface area contributed by atoms with Crippen molar-refractivity contribution in [3.05, 3.63) is 0 Å². The van der Waals surface area contributed by atoms with Crippen LogP contribution < -0.4 is 0 Å². The summed E-state index contributed by atoms with van der Waals surface area (Å²) in [5.41, 5.74) is 0. The molecule has 0 amide bonds. The van der Waals surface area contributed by atoms with Crippen LogP contribution in [0.5, 0.6) is 0 Å². The van der Waals surface area contributed by atoms with Gasteiger partial charge in [0.05, 0.1) is 21.1 Å². The van der Waals surface area contributed by atoms with Crippen LogP contribution in [-0.2, 0) is 26.6 Å². The second kappa shape index (κ2) is 7.87. The normalized spacial score (nSPS) is 9.33. The van der Waals surface area contributed by atoms with E-state index in [1.807, 2.05) is 0 Å². The molecule has 0 aliphatic heterocycles. The number of quaternary nitrogens is 1. The number of hydrogen-bond acceptors (Lipinski definition) is 2. The summed E-state index contributed by atoms with van der Waals surface area (Å²) in [6.45, 7) is 2.80. The van der Waals surface area contributed by atoms with Gasteiger partial charge in [0.15, 0.2) is 0 Å². The van der Waals surface area contributed by atoms with Crippen LogP contribution in [0.4, 0.5) is 0 Å². The molecule has 0 atom stereocenters. The average molecular weight is 246 g/mol. The summed E-state index contributed by atoms with van der Waals surface area (Å²) in [5.74, 6) is -0.201. The first-order chi connectivity index (χ1) is 4.42. The third-order valence-electron chi connectivity index (χ3n) is 1.07. The van der Waals surface area contributed by atoms with Crippen molar-refractivity contribution in [3.63, 3.8) is 0 Å². The molecule has 0 aliphatic rings. The fraction of sp³-hybridized carbons (Fsp3) is 0.857.